The Balaban J connectivity index is 1.83. The molecule has 2 saturated heterocycles. The fourth-order valence-electron chi connectivity index (χ4n) is 3.67. The second kappa shape index (κ2) is 5.63. The number of carbonyl (C=O) groups is 1. The lowest BCUT2D eigenvalue weighted by Gasteiger charge is -2.47. The topological polar surface area (TPSA) is 49.3 Å². The van der Waals surface area contributed by atoms with E-state index in [9.17, 15) is 13.6 Å². The largest absolute Gasteiger partial charge is 0.341 e. The van der Waals surface area contributed by atoms with E-state index in [1.54, 1.807) is 28.3 Å². The summed E-state index contributed by atoms with van der Waals surface area (Å²) in [6.45, 7) is 6.36. The van der Waals surface area contributed by atoms with Gasteiger partial charge in [-0.05, 0) is 12.5 Å². The highest BCUT2D eigenvalue weighted by Crippen LogP contribution is 2.50. The van der Waals surface area contributed by atoms with Crippen LogP contribution < -0.4 is 4.90 Å². The van der Waals surface area contributed by atoms with E-state index in [0.29, 0.717) is 18.9 Å². The van der Waals surface area contributed by atoms with Crippen molar-refractivity contribution in [2.24, 2.45) is 10.8 Å². The van der Waals surface area contributed by atoms with Crippen LogP contribution in [-0.4, -0.2) is 52.9 Å². The van der Waals surface area contributed by atoms with Crippen LogP contribution in [-0.2, 0) is 4.79 Å². The van der Waals surface area contributed by atoms with Crippen molar-refractivity contribution in [2.75, 3.05) is 31.1 Å². The molecule has 0 saturated carbocycles. The van der Waals surface area contributed by atoms with E-state index in [4.69, 9.17) is 0 Å². The number of aromatic nitrogens is 2. The van der Waals surface area contributed by atoms with Gasteiger partial charge < -0.3 is 9.80 Å². The smallest absolute Gasteiger partial charge is 0.258 e. The standard InChI is InChI=1S/C17H24F2N4O/c1-15(2,3)13(24)22-10-6-17(18,19)16(11-22)5-9-23(12-16)14-20-7-4-8-21-14/h4,7-8H,5-6,9-12H2,1-3H3. The van der Waals surface area contributed by atoms with Crippen LogP contribution in [0.2, 0.25) is 0 Å². The minimum absolute atomic E-state index is 0.0632. The fraction of sp³-hybridized carbons (Fsp3) is 0.706. The van der Waals surface area contributed by atoms with Crippen LogP contribution in [0.4, 0.5) is 14.7 Å². The summed E-state index contributed by atoms with van der Waals surface area (Å²) in [7, 11) is 0. The number of hydrogen-bond donors (Lipinski definition) is 0. The highest BCUT2D eigenvalue weighted by molar-refractivity contribution is 5.81. The van der Waals surface area contributed by atoms with Gasteiger partial charge in [0.2, 0.25) is 11.9 Å². The minimum Gasteiger partial charge on any atom is -0.341 e. The van der Waals surface area contributed by atoms with Crippen LogP contribution in [0.25, 0.3) is 0 Å². The van der Waals surface area contributed by atoms with Crippen molar-refractivity contribution in [3.8, 4) is 0 Å². The molecule has 1 spiro atoms. The van der Waals surface area contributed by atoms with E-state index in [1.165, 1.54) is 0 Å². The molecule has 5 nitrogen and oxygen atoms in total. The maximum atomic E-state index is 14.8. The van der Waals surface area contributed by atoms with Crippen LogP contribution in [0.15, 0.2) is 18.5 Å². The van der Waals surface area contributed by atoms with E-state index in [2.05, 4.69) is 9.97 Å². The SMILES string of the molecule is CC(C)(C)C(=O)N1CCC(F)(F)C2(CCN(c3ncccn3)C2)C1. The Bertz CT molecular complexity index is 617. The van der Waals surface area contributed by atoms with E-state index in [0.717, 1.165) is 0 Å². The van der Waals surface area contributed by atoms with Gasteiger partial charge in [0.05, 0.1) is 5.41 Å². The van der Waals surface area contributed by atoms with Gasteiger partial charge in [-0.1, -0.05) is 20.8 Å². The van der Waals surface area contributed by atoms with Gasteiger partial charge in [-0.25, -0.2) is 18.7 Å². The molecule has 7 heteroatoms. The summed E-state index contributed by atoms with van der Waals surface area (Å²) in [5.41, 5.74) is -1.78. The van der Waals surface area contributed by atoms with Gasteiger partial charge in [0.25, 0.3) is 5.92 Å². The van der Waals surface area contributed by atoms with Gasteiger partial charge in [-0.3, -0.25) is 4.79 Å². The average Bonchev–Trinajstić information content (AvgIpc) is 2.95. The molecule has 1 aromatic heterocycles. The zero-order valence-electron chi connectivity index (χ0n) is 14.4. The molecule has 2 aliphatic heterocycles. The molecule has 1 aromatic rings. The van der Waals surface area contributed by atoms with E-state index in [-0.39, 0.29) is 32.0 Å². The van der Waals surface area contributed by atoms with Crippen LogP contribution in [0.1, 0.15) is 33.6 Å². The van der Waals surface area contributed by atoms with Crippen molar-refractivity contribution < 1.29 is 13.6 Å². The molecule has 0 aromatic carbocycles. The molecule has 1 atom stereocenters. The van der Waals surface area contributed by atoms with Crippen LogP contribution in [0.3, 0.4) is 0 Å². The Hall–Kier alpha value is -1.79. The molecule has 1 amide bonds. The summed E-state index contributed by atoms with van der Waals surface area (Å²) < 4.78 is 29.6. The first kappa shape index (κ1) is 17.0. The number of anilines is 1. The molecule has 1 unspecified atom stereocenters. The molecule has 2 aliphatic rings. The maximum absolute atomic E-state index is 14.8. The highest BCUT2D eigenvalue weighted by Gasteiger charge is 2.60. The van der Waals surface area contributed by atoms with Crippen molar-refractivity contribution in [1.82, 2.24) is 14.9 Å². The number of piperidine rings is 1. The Morgan fingerprint density at radius 3 is 2.42 bits per heavy atom. The monoisotopic (exact) mass is 338 g/mol. The number of amides is 1. The maximum Gasteiger partial charge on any atom is 0.258 e. The zero-order valence-corrected chi connectivity index (χ0v) is 14.4. The van der Waals surface area contributed by atoms with Crippen LogP contribution >= 0.6 is 0 Å². The Labute approximate surface area is 141 Å². The first-order chi connectivity index (χ1) is 11.1. The van der Waals surface area contributed by atoms with Crippen LogP contribution in [0.5, 0.6) is 0 Å². The lowest BCUT2D eigenvalue weighted by atomic mass is 9.75. The van der Waals surface area contributed by atoms with Crippen molar-refractivity contribution in [3.05, 3.63) is 18.5 Å². The predicted octanol–water partition coefficient (Wildman–Crippen LogP) is 2.59. The Kier molecular flexibility index (Phi) is 4.00. The summed E-state index contributed by atoms with van der Waals surface area (Å²) in [6, 6.07) is 1.70. The van der Waals surface area contributed by atoms with Crippen LogP contribution in [0, 0.1) is 10.8 Å². The first-order valence-corrected chi connectivity index (χ1v) is 8.34. The molecule has 0 bridgehead atoms. The number of nitrogens with zero attached hydrogens (tertiary/aromatic N) is 4. The van der Waals surface area contributed by atoms with Gasteiger partial charge in [0.1, 0.15) is 0 Å². The number of likely N-dealkylation sites (tertiary alicyclic amines) is 1. The molecular formula is C17H24F2N4O. The fourth-order valence-corrected chi connectivity index (χ4v) is 3.67. The molecule has 24 heavy (non-hydrogen) atoms. The second-order valence-electron chi connectivity index (χ2n) is 7.93. The third kappa shape index (κ3) is 2.84. The summed E-state index contributed by atoms with van der Waals surface area (Å²) in [5.74, 6) is -2.37. The third-order valence-electron chi connectivity index (χ3n) is 5.08. The van der Waals surface area contributed by atoms with Crippen molar-refractivity contribution >= 4 is 11.9 Å². The number of carbonyl (C=O) groups excluding carboxylic acids is 1. The summed E-state index contributed by atoms with van der Waals surface area (Å²) in [6.07, 6.45) is 3.29. The number of hydrogen-bond acceptors (Lipinski definition) is 4. The van der Waals surface area contributed by atoms with Crippen molar-refractivity contribution in [1.29, 1.82) is 0 Å². The van der Waals surface area contributed by atoms with Crippen molar-refractivity contribution in [2.45, 2.75) is 39.5 Å². The summed E-state index contributed by atoms with van der Waals surface area (Å²) in [5, 5.41) is 0. The molecule has 3 rings (SSSR count). The minimum atomic E-state index is -2.79. The van der Waals surface area contributed by atoms with Gasteiger partial charge in [-0.2, -0.15) is 0 Å². The van der Waals surface area contributed by atoms with Gasteiger partial charge >= 0.3 is 0 Å². The molecule has 132 valence electrons. The van der Waals surface area contributed by atoms with Gasteiger partial charge in [0.15, 0.2) is 0 Å². The predicted molar refractivity (Wildman–Crippen MR) is 86.9 cm³/mol. The van der Waals surface area contributed by atoms with E-state index < -0.39 is 16.8 Å². The van der Waals surface area contributed by atoms with Gasteiger partial charge in [-0.15, -0.1) is 0 Å². The first-order valence-electron chi connectivity index (χ1n) is 8.34. The normalized spacial score (nSPS) is 26.9. The lowest BCUT2D eigenvalue weighted by molar-refractivity contribution is -0.173. The zero-order chi connectivity index (χ0) is 17.6. The summed E-state index contributed by atoms with van der Waals surface area (Å²) >= 11 is 0. The second-order valence-corrected chi connectivity index (χ2v) is 7.93. The number of rotatable bonds is 1. The number of halogens is 2. The Morgan fingerprint density at radius 2 is 1.79 bits per heavy atom. The van der Waals surface area contributed by atoms with E-state index >= 15 is 0 Å². The third-order valence-corrected chi connectivity index (χ3v) is 5.08. The molecule has 0 N–H and O–H groups in total. The number of alkyl halides is 2. The average molecular weight is 338 g/mol. The Morgan fingerprint density at radius 1 is 1.12 bits per heavy atom. The molecule has 0 aliphatic carbocycles. The lowest BCUT2D eigenvalue weighted by Crippen LogP contribution is -2.59. The molecule has 2 fully saturated rings. The summed E-state index contributed by atoms with van der Waals surface area (Å²) in [4.78, 5) is 24.3. The molecule has 0 radical (unpaired) electrons. The van der Waals surface area contributed by atoms with E-state index in [1.807, 2.05) is 20.8 Å². The molecular weight excluding hydrogens is 314 g/mol. The molecule has 3 heterocycles. The van der Waals surface area contributed by atoms with Gasteiger partial charge in [0, 0.05) is 50.4 Å². The quantitative estimate of drug-likeness (QED) is 0.790. The van der Waals surface area contributed by atoms with Crippen molar-refractivity contribution in [3.63, 3.8) is 0 Å². The highest BCUT2D eigenvalue weighted by atomic mass is 19.3.